The summed E-state index contributed by atoms with van der Waals surface area (Å²) < 4.78 is 0. The number of nitrogens with one attached hydrogen (secondary N) is 1. The SMILES string of the molecule is CCNCCC(=O)N(C)Cc1ccc(C)cc1C. The zero-order chi connectivity index (χ0) is 13.5. The van der Waals surface area contributed by atoms with Gasteiger partial charge in [0.25, 0.3) is 0 Å². The lowest BCUT2D eigenvalue weighted by Gasteiger charge is -2.19. The van der Waals surface area contributed by atoms with Crippen molar-refractivity contribution >= 4 is 5.91 Å². The largest absolute Gasteiger partial charge is 0.341 e. The van der Waals surface area contributed by atoms with Gasteiger partial charge in [-0.2, -0.15) is 0 Å². The quantitative estimate of drug-likeness (QED) is 0.783. The summed E-state index contributed by atoms with van der Waals surface area (Å²) in [6.45, 7) is 8.59. The zero-order valence-electron chi connectivity index (χ0n) is 11.9. The van der Waals surface area contributed by atoms with E-state index in [2.05, 4.69) is 37.4 Å². The highest BCUT2D eigenvalue weighted by Gasteiger charge is 2.09. The fourth-order valence-corrected chi connectivity index (χ4v) is 1.93. The summed E-state index contributed by atoms with van der Waals surface area (Å²) in [7, 11) is 1.87. The second-order valence-corrected chi connectivity index (χ2v) is 4.78. The molecule has 100 valence electrons. The van der Waals surface area contributed by atoms with E-state index in [-0.39, 0.29) is 5.91 Å². The molecular formula is C15H24N2O. The fraction of sp³-hybridized carbons (Fsp3) is 0.533. The van der Waals surface area contributed by atoms with Gasteiger partial charge in [0, 0.05) is 26.6 Å². The molecule has 3 nitrogen and oxygen atoms in total. The Hall–Kier alpha value is -1.35. The Balaban J connectivity index is 2.53. The molecule has 0 aliphatic rings. The Labute approximate surface area is 110 Å². The third kappa shape index (κ3) is 4.49. The minimum Gasteiger partial charge on any atom is -0.341 e. The minimum absolute atomic E-state index is 0.191. The van der Waals surface area contributed by atoms with Gasteiger partial charge in [0.2, 0.25) is 5.91 Å². The van der Waals surface area contributed by atoms with Gasteiger partial charge in [-0.3, -0.25) is 4.79 Å². The second kappa shape index (κ2) is 7.17. The van der Waals surface area contributed by atoms with E-state index >= 15 is 0 Å². The maximum absolute atomic E-state index is 11.9. The Morgan fingerprint density at radius 1 is 1.33 bits per heavy atom. The van der Waals surface area contributed by atoms with Crippen LogP contribution in [0.3, 0.4) is 0 Å². The van der Waals surface area contributed by atoms with E-state index < -0.39 is 0 Å². The smallest absolute Gasteiger partial charge is 0.223 e. The molecule has 0 spiro atoms. The molecule has 0 atom stereocenters. The third-order valence-corrected chi connectivity index (χ3v) is 3.10. The molecule has 0 radical (unpaired) electrons. The summed E-state index contributed by atoms with van der Waals surface area (Å²) in [4.78, 5) is 13.7. The number of hydrogen-bond acceptors (Lipinski definition) is 2. The molecule has 0 saturated heterocycles. The summed E-state index contributed by atoms with van der Waals surface area (Å²) in [6.07, 6.45) is 0.565. The first-order chi connectivity index (χ1) is 8.54. The van der Waals surface area contributed by atoms with Gasteiger partial charge in [-0.25, -0.2) is 0 Å². The molecule has 3 heteroatoms. The highest BCUT2D eigenvalue weighted by molar-refractivity contribution is 5.76. The number of rotatable bonds is 6. The number of aryl methyl sites for hydroxylation is 2. The average molecular weight is 248 g/mol. The van der Waals surface area contributed by atoms with Crippen LogP contribution < -0.4 is 5.32 Å². The number of benzene rings is 1. The monoisotopic (exact) mass is 248 g/mol. The highest BCUT2D eigenvalue weighted by atomic mass is 16.2. The molecule has 0 aromatic heterocycles. The third-order valence-electron chi connectivity index (χ3n) is 3.10. The van der Waals surface area contributed by atoms with Crippen molar-refractivity contribution in [2.45, 2.75) is 33.7 Å². The van der Waals surface area contributed by atoms with Crippen molar-refractivity contribution in [3.8, 4) is 0 Å². The standard InChI is InChI=1S/C15H24N2O/c1-5-16-9-8-15(18)17(4)11-14-7-6-12(2)10-13(14)3/h6-7,10,16H,5,8-9,11H2,1-4H3. The molecule has 0 fully saturated rings. The van der Waals surface area contributed by atoms with Crippen molar-refractivity contribution in [3.05, 3.63) is 34.9 Å². The maximum atomic E-state index is 11.9. The Bertz CT molecular complexity index is 401. The first kappa shape index (κ1) is 14.7. The van der Waals surface area contributed by atoms with Crippen LogP contribution >= 0.6 is 0 Å². The second-order valence-electron chi connectivity index (χ2n) is 4.78. The summed E-state index contributed by atoms with van der Waals surface area (Å²) in [5, 5.41) is 3.17. The normalized spacial score (nSPS) is 10.4. The zero-order valence-corrected chi connectivity index (χ0v) is 11.9. The molecule has 1 rings (SSSR count). The molecule has 0 saturated carbocycles. The van der Waals surface area contributed by atoms with Crippen LogP contribution in [0.1, 0.15) is 30.0 Å². The average Bonchev–Trinajstić information content (AvgIpc) is 2.32. The van der Waals surface area contributed by atoms with E-state index in [9.17, 15) is 4.79 Å². The van der Waals surface area contributed by atoms with E-state index in [1.54, 1.807) is 4.90 Å². The molecule has 0 bridgehead atoms. The van der Waals surface area contributed by atoms with Crippen molar-refractivity contribution in [2.24, 2.45) is 0 Å². The maximum Gasteiger partial charge on any atom is 0.223 e. The van der Waals surface area contributed by atoms with Crippen LogP contribution in [0.4, 0.5) is 0 Å². The van der Waals surface area contributed by atoms with E-state index in [4.69, 9.17) is 0 Å². The van der Waals surface area contributed by atoms with Crippen LogP contribution in [0, 0.1) is 13.8 Å². The van der Waals surface area contributed by atoms with Crippen molar-refractivity contribution in [1.82, 2.24) is 10.2 Å². The molecule has 1 amide bonds. The van der Waals surface area contributed by atoms with Gasteiger partial charge in [0.05, 0.1) is 0 Å². The van der Waals surface area contributed by atoms with Gasteiger partial charge >= 0.3 is 0 Å². The van der Waals surface area contributed by atoms with E-state index in [0.29, 0.717) is 13.0 Å². The van der Waals surface area contributed by atoms with Gasteiger partial charge in [-0.1, -0.05) is 30.7 Å². The molecule has 1 aromatic carbocycles. The number of nitrogens with zero attached hydrogens (tertiary/aromatic N) is 1. The lowest BCUT2D eigenvalue weighted by molar-refractivity contribution is -0.130. The molecule has 0 aliphatic carbocycles. The number of carbonyl (C=O) groups is 1. The predicted molar refractivity (Wildman–Crippen MR) is 75.6 cm³/mol. The highest BCUT2D eigenvalue weighted by Crippen LogP contribution is 2.12. The molecule has 0 heterocycles. The fourth-order valence-electron chi connectivity index (χ4n) is 1.93. The molecule has 18 heavy (non-hydrogen) atoms. The van der Waals surface area contributed by atoms with Gasteiger partial charge in [0.15, 0.2) is 0 Å². The van der Waals surface area contributed by atoms with Crippen molar-refractivity contribution < 1.29 is 4.79 Å². The van der Waals surface area contributed by atoms with Crippen molar-refractivity contribution in [2.75, 3.05) is 20.1 Å². The number of carbonyl (C=O) groups excluding carboxylic acids is 1. The minimum atomic E-state index is 0.191. The van der Waals surface area contributed by atoms with Crippen LogP contribution in [0.5, 0.6) is 0 Å². The van der Waals surface area contributed by atoms with Gasteiger partial charge in [0.1, 0.15) is 0 Å². The topological polar surface area (TPSA) is 32.3 Å². The van der Waals surface area contributed by atoms with Gasteiger partial charge in [-0.05, 0) is 31.5 Å². The van der Waals surface area contributed by atoms with Gasteiger partial charge < -0.3 is 10.2 Å². The summed E-state index contributed by atoms with van der Waals surface area (Å²) in [5.74, 6) is 0.191. The molecule has 0 unspecified atom stereocenters. The number of hydrogen-bond donors (Lipinski definition) is 1. The Morgan fingerprint density at radius 2 is 2.06 bits per heavy atom. The van der Waals surface area contributed by atoms with Crippen LogP contribution in [-0.2, 0) is 11.3 Å². The lowest BCUT2D eigenvalue weighted by Crippen LogP contribution is -2.29. The van der Waals surface area contributed by atoms with Crippen LogP contribution in [0.2, 0.25) is 0 Å². The summed E-state index contributed by atoms with van der Waals surface area (Å²) in [5.41, 5.74) is 3.73. The van der Waals surface area contributed by atoms with Crippen LogP contribution in [0.25, 0.3) is 0 Å². The van der Waals surface area contributed by atoms with Crippen LogP contribution in [0.15, 0.2) is 18.2 Å². The van der Waals surface area contributed by atoms with Crippen molar-refractivity contribution in [3.63, 3.8) is 0 Å². The van der Waals surface area contributed by atoms with Gasteiger partial charge in [-0.15, -0.1) is 0 Å². The van der Waals surface area contributed by atoms with E-state index in [1.165, 1.54) is 16.7 Å². The molecule has 1 N–H and O–H groups in total. The van der Waals surface area contributed by atoms with Crippen molar-refractivity contribution in [1.29, 1.82) is 0 Å². The first-order valence-corrected chi connectivity index (χ1v) is 6.55. The summed E-state index contributed by atoms with van der Waals surface area (Å²) in [6, 6.07) is 6.37. The summed E-state index contributed by atoms with van der Waals surface area (Å²) >= 11 is 0. The Morgan fingerprint density at radius 3 is 2.67 bits per heavy atom. The van der Waals surface area contributed by atoms with E-state index in [1.807, 2.05) is 14.0 Å². The van der Waals surface area contributed by atoms with Crippen LogP contribution in [-0.4, -0.2) is 30.9 Å². The molecular weight excluding hydrogens is 224 g/mol. The first-order valence-electron chi connectivity index (χ1n) is 6.55. The molecule has 0 aliphatic heterocycles. The predicted octanol–water partition coefficient (Wildman–Crippen LogP) is 2.26. The molecule has 1 aromatic rings. The number of amides is 1. The lowest BCUT2D eigenvalue weighted by atomic mass is 10.1. The van der Waals surface area contributed by atoms with E-state index in [0.717, 1.165) is 13.1 Å². The Kier molecular flexibility index (Phi) is 5.86.